The van der Waals surface area contributed by atoms with E-state index < -0.39 is 48.9 Å². The third kappa shape index (κ3) is 5.24. The summed E-state index contributed by atoms with van der Waals surface area (Å²) in [4.78, 5) is 23.1. The highest BCUT2D eigenvalue weighted by Gasteiger charge is 2.53. The minimum Gasteiger partial charge on any atom is -0.455 e. The molecule has 0 aromatic rings. The predicted molar refractivity (Wildman–Crippen MR) is 85.4 cm³/mol. The summed E-state index contributed by atoms with van der Waals surface area (Å²) in [5.41, 5.74) is 0. The van der Waals surface area contributed by atoms with Crippen LogP contribution in [0, 0.1) is 0 Å². The van der Waals surface area contributed by atoms with Crippen LogP contribution in [0.25, 0.3) is 0 Å². The molecule has 142 valence electrons. The van der Waals surface area contributed by atoms with E-state index in [1.807, 2.05) is 6.92 Å². The Labute approximate surface area is 147 Å². The molecule has 2 saturated heterocycles. The molecule has 0 bridgehead atoms. The zero-order chi connectivity index (χ0) is 18.4. The zero-order valence-corrected chi connectivity index (χ0v) is 14.8. The van der Waals surface area contributed by atoms with Crippen molar-refractivity contribution >= 4 is 11.9 Å². The smallest absolute Gasteiger partial charge is 0.303 e. The van der Waals surface area contributed by atoms with Crippen molar-refractivity contribution < 1.29 is 38.0 Å². The van der Waals surface area contributed by atoms with E-state index in [-0.39, 0.29) is 13.2 Å². The quantitative estimate of drug-likeness (QED) is 0.497. The molecule has 2 aliphatic rings. The van der Waals surface area contributed by atoms with Gasteiger partial charge in [-0.2, -0.15) is 0 Å². The van der Waals surface area contributed by atoms with Crippen LogP contribution in [0.1, 0.15) is 33.6 Å². The number of carbonyl (C=O) groups excluding carboxylic acids is 2. The highest BCUT2D eigenvalue weighted by molar-refractivity contribution is 5.67. The van der Waals surface area contributed by atoms with Crippen molar-refractivity contribution in [3.8, 4) is 0 Å². The van der Waals surface area contributed by atoms with E-state index in [9.17, 15) is 9.59 Å². The van der Waals surface area contributed by atoms with Crippen molar-refractivity contribution in [1.82, 2.24) is 0 Å². The van der Waals surface area contributed by atoms with Gasteiger partial charge in [0.05, 0.1) is 13.2 Å². The van der Waals surface area contributed by atoms with Gasteiger partial charge in [0.15, 0.2) is 24.8 Å². The molecule has 2 rings (SSSR count). The third-order valence-electron chi connectivity index (χ3n) is 3.85. The fourth-order valence-electron chi connectivity index (χ4n) is 2.92. The summed E-state index contributed by atoms with van der Waals surface area (Å²) in [5.74, 6) is -1.04. The largest absolute Gasteiger partial charge is 0.455 e. The van der Waals surface area contributed by atoms with Gasteiger partial charge in [0, 0.05) is 13.8 Å². The highest BCUT2D eigenvalue weighted by Crippen LogP contribution is 2.33. The van der Waals surface area contributed by atoms with Gasteiger partial charge in [-0.1, -0.05) is 19.4 Å². The van der Waals surface area contributed by atoms with Crippen LogP contribution in [0.4, 0.5) is 0 Å². The van der Waals surface area contributed by atoms with E-state index in [1.165, 1.54) is 13.8 Å². The lowest BCUT2D eigenvalue weighted by atomic mass is 9.97. The summed E-state index contributed by atoms with van der Waals surface area (Å²) in [6, 6.07) is 0. The van der Waals surface area contributed by atoms with Gasteiger partial charge in [0.2, 0.25) is 0 Å². The molecule has 0 aromatic carbocycles. The monoisotopic (exact) mass is 358 g/mol. The number of rotatable bonds is 7. The average Bonchev–Trinajstić information content (AvgIpc) is 2.55. The van der Waals surface area contributed by atoms with Crippen molar-refractivity contribution in [2.45, 2.75) is 70.6 Å². The van der Waals surface area contributed by atoms with Gasteiger partial charge >= 0.3 is 11.9 Å². The Kier molecular flexibility index (Phi) is 7.37. The van der Waals surface area contributed by atoms with Crippen LogP contribution in [-0.2, 0) is 38.0 Å². The summed E-state index contributed by atoms with van der Waals surface area (Å²) in [7, 11) is 0. The van der Waals surface area contributed by atoms with Gasteiger partial charge in [0.25, 0.3) is 0 Å². The molecule has 2 heterocycles. The van der Waals surface area contributed by atoms with Crippen LogP contribution in [0.2, 0.25) is 0 Å². The second-order valence-corrected chi connectivity index (χ2v) is 5.97. The number of ether oxygens (including phenoxy) is 6. The van der Waals surface area contributed by atoms with Crippen molar-refractivity contribution in [1.29, 1.82) is 0 Å². The molecule has 0 N–H and O–H groups in total. The van der Waals surface area contributed by atoms with Gasteiger partial charge in [-0.15, -0.1) is 6.58 Å². The minimum absolute atomic E-state index is 0.187. The molecule has 6 atom stereocenters. The van der Waals surface area contributed by atoms with Crippen molar-refractivity contribution in [2.75, 3.05) is 13.2 Å². The molecule has 0 spiro atoms. The van der Waals surface area contributed by atoms with Gasteiger partial charge in [-0.05, 0) is 6.42 Å². The lowest BCUT2D eigenvalue weighted by Gasteiger charge is -2.47. The molecule has 0 amide bonds. The first-order valence-electron chi connectivity index (χ1n) is 8.45. The summed E-state index contributed by atoms with van der Waals surface area (Å²) >= 11 is 0. The van der Waals surface area contributed by atoms with E-state index in [0.717, 1.165) is 6.42 Å². The summed E-state index contributed by atoms with van der Waals surface area (Å²) < 4.78 is 33.7. The Balaban J connectivity index is 2.24. The van der Waals surface area contributed by atoms with E-state index in [0.29, 0.717) is 6.42 Å². The first kappa shape index (κ1) is 19.8. The molecule has 8 nitrogen and oxygen atoms in total. The van der Waals surface area contributed by atoms with Crippen LogP contribution >= 0.6 is 0 Å². The molecule has 0 saturated carbocycles. The molecule has 1 unspecified atom stereocenters. The Morgan fingerprint density at radius 2 is 1.84 bits per heavy atom. The molecule has 2 aliphatic heterocycles. The fourth-order valence-corrected chi connectivity index (χ4v) is 2.92. The first-order chi connectivity index (χ1) is 12.0. The average molecular weight is 358 g/mol. The SMILES string of the molecule is C=CCO[C@@H]1O[C@@H]2COC(CCC)O[C@H]2[C@H](OC(C)=O)[C@H]1OC(C)=O. The Morgan fingerprint density at radius 1 is 1.16 bits per heavy atom. The van der Waals surface area contributed by atoms with Crippen molar-refractivity contribution in [2.24, 2.45) is 0 Å². The van der Waals surface area contributed by atoms with Crippen LogP contribution in [0.5, 0.6) is 0 Å². The predicted octanol–water partition coefficient (Wildman–Crippen LogP) is 1.32. The number of carbonyl (C=O) groups is 2. The fraction of sp³-hybridized carbons (Fsp3) is 0.765. The molecule has 0 aromatic heterocycles. The van der Waals surface area contributed by atoms with Gasteiger partial charge in [-0.3, -0.25) is 9.59 Å². The number of hydrogen-bond donors (Lipinski definition) is 0. The standard InChI is InChI=1S/C17H26O8/c1-5-7-13-21-9-12-14(25-13)15(22-10(3)18)16(23-11(4)19)17(24-12)20-8-6-2/h6,12-17H,2,5,7-9H2,1,3-4H3/t12-,13?,14-,15+,16-,17-/m1/s1. The van der Waals surface area contributed by atoms with Crippen molar-refractivity contribution in [3.05, 3.63) is 12.7 Å². The maximum Gasteiger partial charge on any atom is 0.303 e. The van der Waals surface area contributed by atoms with Crippen LogP contribution in [-0.4, -0.2) is 62.1 Å². The van der Waals surface area contributed by atoms with E-state index in [4.69, 9.17) is 28.4 Å². The van der Waals surface area contributed by atoms with Gasteiger partial charge < -0.3 is 28.4 Å². The Bertz CT molecular complexity index is 479. The lowest BCUT2D eigenvalue weighted by Crippen LogP contribution is -2.65. The molecule has 8 heteroatoms. The molecule has 0 radical (unpaired) electrons. The van der Waals surface area contributed by atoms with E-state index in [1.54, 1.807) is 6.08 Å². The van der Waals surface area contributed by atoms with Gasteiger partial charge in [-0.25, -0.2) is 0 Å². The molecular formula is C17H26O8. The molecule has 0 aliphatic carbocycles. The lowest BCUT2D eigenvalue weighted by molar-refractivity contribution is -0.359. The number of fused-ring (bicyclic) bond motifs is 1. The Hall–Kier alpha value is -1.48. The number of esters is 2. The summed E-state index contributed by atoms with van der Waals surface area (Å²) in [6.45, 7) is 8.62. The summed E-state index contributed by atoms with van der Waals surface area (Å²) in [5, 5.41) is 0. The zero-order valence-electron chi connectivity index (χ0n) is 14.8. The molecule has 2 fully saturated rings. The van der Waals surface area contributed by atoms with Gasteiger partial charge in [0.1, 0.15) is 12.2 Å². The number of hydrogen-bond acceptors (Lipinski definition) is 8. The first-order valence-corrected chi connectivity index (χ1v) is 8.45. The van der Waals surface area contributed by atoms with Crippen LogP contribution < -0.4 is 0 Å². The van der Waals surface area contributed by atoms with Crippen molar-refractivity contribution in [3.63, 3.8) is 0 Å². The second kappa shape index (κ2) is 9.28. The maximum atomic E-state index is 11.6. The van der Waals surface area contributed by atoms with E-state index in [2.05, 4.69) is 6.58 Å². The normalized spacial score (nSPS) is 34.7. The third-order valence-corrected chi connectivity index (χ3v) is 3.85. The summed E-state index contributed by atoms with van der Waals surface area (Å²) in [6.07, 6.45) is -1.11. The van der Waals surface area contributed by atoms with E-state index >= 15 is 0 Å². The minimum atomic E-state index is -0.942. The Morgan fingerprint density at radius 3 is 2.44 bits per heavy atom. The topological polar surface area (TPSA) is 89.5 Å². The molecule has 25 heavy (non-hydrogen) atoms. The molecular weight excluding hydrogens is 332 g/mol. The van der Waals surface area contributed by atoms with Crippen LogP contribution in [0.3, 0.4) is 0 Å². The maximum absolute atomic E-state index is 11.6. The highest BCUT2D eigenvalue weighted by atomic mass is 16.8. The second-order valence-electron chi connectivity index (χ2n) is 5.97. The van der Waals surface area contributed by atoms with Crippen LogP contribution in [0.15, 0.2) is 12.7 Å².